The van der Waals surface area contributed by atoms with Crippen molar-refractivity contribution in [3.05, 3.63) is 23.8 Å². The molecule has 7 heteroatoms. The van der Waals surface area contributed by atoms with E-state index in [0.717, 1.165) is 17.7 Å². The fourth-order valence-corrected chi connectivity index (χ4v) is 3.23. The van der Waals surface area contributed by atoms with Crippen LogP contribution in [0.25, 0.3) is 0 Å². The van der Waals surface area contributed by atoms with Crippen molar-refractivity contribution in [2.24, 2.45) is 11.3 Å². The van der Waals surface area contributed by atoms with E-state index in [1.807, 2.05) is 0 Å². The molecule has 2 fully saturated rings. The number of nitrogens with one attached hydrogen (secondary N) is 1. The number of hydrogen-bond donors (Lipinski definition) is 1. The number of carbonyl (C=O) groups excluding carboxylic acids is 2. The molecule has 0 aromatic heterocycles. The number of amides is 2. The van der Waals surface area contributed by atoms with E-state index >= 15 is 0 Å². The summed E-state index contributed by atoms with van der Waals surface area (Å²) in [6.45, 7) is -0.0195. The lowest BCUT2D eigenvalue weighted by Gasteiger charge is -2.19. The van der Waals surface area contributed by atoms with Crippen LogP contribution in [0.4, 0.5) is 24.5 Å². The maximum Gasteiger partial charge on any atom is 0.471 e. The van der Waals surface area contributed by atoms with Crippen molar-refractivity contribution in [2.75, 3.05) is 16.8 Å². The van der Waals surface area contributed by atoms with Crippen LogP contribution in [0.2, 0.25) is 0 Å². The van der Waals surface area contributed by atoms with Gasteiger partial charge in [0.05, 0.1) is 5.41 Å². The first kappa shape index (κ1) is 13.6. The zero-order chi connectivity index (χ0) is 15.7. The van der Waals surface area contributed by atoms with Gasteiger partial charge in [0.2, 0.25) is 5.91 Å². The first-order valence-corrected chi connectivity index (χ1v) is 7.15. The Morgan fingerprint density at radius 1 is 1.27 bits per heavy atom. The first-order valence-electron chi connectivity index (χ1n) is 7.15. The molecular weight excluding hydrogens is 297 g/mol. The second kappa shape index (κ2) is 4.02. The summed E-state index contributed by atoms with van der Waals surface area (Å²) in [6, 6.07) is 4.72. The number of anilines is 2. The Morgan fingerprint density at radius 3 is 2.55 bits per heavy atom. The molecule has 0 atom stereocenters. The molecule has 1 N–H and O–H groups in total. The van der Waals surface area contributed by atoms with Gasteiger partial charge in [-0.1, -0.05) is 6.07 Å². The Kier molecular flexibility index (Phi) is 2.49. The number of benzene rings is 1. The second-order valence-electron chi connectivity index (χ2n) is 6.22. The van der Waals surface area contributed by atoms with E-state index in [1.165, 1.54) is 6.07 Å². The van der Waals surface area contributed by atoms with Crippen LogP contribution in [0.15, 0.2) is 18.2 Å². The van der Waals surface area contributed by atoms with E-state index in [9.17, 15) is 22.8 Å². The van der Waals surface area contributed by atoms with Gasteiger partial charge in [0.25, 0.3) is 0 Å². The van der Waals surface area contributed by atoms with E-state index in [2.05, 4.69) is 5.32 Å². The van der Waals surface area contributed by atoms with Crippen LogP contribution >= 0.6 is 0 Å². The van der Waals surface area contributed by atoms with Crippen LogP contribution in [0.3, 0.4) is 0 Å². The van der Waals surface area contributed by atoms with E-state index in [0.29, 0.717) is 23.6 Å². The molecule has 2 amide bonds. The van der Waals surface area contributed by atoms with Crippen LogP contribution in [0.1, 0.15) is 18.4 Å². The molecule has 2 saturated carbocycles. The molecule has 0 spiro atoms. The van der Waals surface area contributed by atoms with Gasteiger partial charge in [-0.15, -0.1) is 0 Å². The molecule has 116 valence electrons. The van der Waals surface area contributed by atoms with Gasteiger partial charge in [-0.3, -0.25) is 9.59 Å². The lowest BCUT2D eigenvalue weighted by atomic mass is 10.1. The van der Waals surface area contributed by atoms with Crippen LogP contribution in [0.5, 0.6) is 0 Å². The zero-order valence-corrected chi connectivity index (χ0v) is 11.5. The minimum atomic E-state index is -4.89. The number of nitrogens with zero attached hydrogens (tertiary/aromatic N) is 1. The fourth-order valence-electron chi connectivity index (χ4n) is 3.23. The van der Waals surface area contributed by atoms with Crippen molar-refractivity contribution in [2.45, 2.75) is 25.4 Å². The minimum Gasteiger partial charge on any atom is -0.325 e. The van der Waals surface area contributed by atoms with Crippen molar-refractivity contribution in [3.63, 3.8) is 0 Å². The van der Waals surface area contributed by atoms with Crippen molar-refractivity contribution < 1.29 is 22.8 Å². The molecule has 2 aliphatic carbocycles. The number of rotatable bonds is 2. The van der Waals surface area contributed by atoms with Crippen molar-refractivity contribution >= 4 is 23.2 Å². The maximum atomic E-state index is 12.6. The summed E-state index contributed by atoms with van der Waals surface area (Å²) in [5.74, 6) is -1.42. The van der Waals surface area contributed by atoms with Crippen LogP contribution < -0.4 is 10.2 Å². The maximum absolute atomic E-state index is 12.6. The Hall–Kier alpha value is -2.05. The van der Waals surface area contributed by atoms with Crippen molar-refractivity contribution in [1.82, 2.24) is 0 Å². The molecule has 3 aliphatic rings. The molecule has 4 rings (SSSR count). The monoisotopic (exact) mass is 310 g/mol. The van der Waals surface area contributed by atoms with E-state index in [-0.39, 0.29) is 23.6 Å². The van der Waals surface area contributed by atoms with E-state index < -0.39 is 12.1 Å². The largest absolute Gasteiger partial charge is 0.471 e. The van der Waals surface area contributed by atoms with Crippen LogP contribution in [-0.2, 0) is 16.0 Å². The molecule has 1 heterocycles. The highest BCUT2D eigenvalue weighted by atomic mass is 19.4. The van der Waals surface area contributed by atoms with Gasteiger partial charge in [-0.25, -0.2) is 0 Å². The normalized spacial score (nSPS) is 28.0. The zero-order valence-electron chi connectivity index (χ0n) is 11.5. The Morgan fingerprint density at radius 2 is 1.95 bits per heavy atom. The summed E-state index contributed by atoms with van der Waals surface area (Å²) in [5, 5.41) is 2.83. The average Bonchev–Trinajstić information content (AvgIpc) is 3.25. The highest BCUT2D eigenvalue weighted by Gasteiger charge is 2.74. The lowest BCUT2D eigenvalue weighted by molar-refractivity contribution is -0.170. The predicted molar refractivity (Wildman–Crippen MR) is 72.3 cm³/mol. The number of carbonyl (C=O) groups is 2. The summed E-state index contributed by atoms with van der Waals surface area (Å²) < 4.78 is 37.8. The number of hydrogen-bond acceptors (Lipinski definition) is 2. The third-order valence-corrected chi connectivity index (χ3v) is 4.90. The standard InChI is InChI=1S/C15H13F3N2O2/c16-15(17,18)13(22)20-5-4-9-10(2-1-3-11(9)20)19-12(21)14-6-8(14)7-14/h1-3,8H,4-7H2,(H,19,21). The van der Waals surface area contributed by atoms with Gasteiger partial charge in [0.1, 0.15) is 0 Å². The highest BCUT2D eigenvalue weighted by molar-refractivity contribution is 6.04. The highest BCUT2D eigenvalue weighted by Crippen LogP contribution is 2.75. The molecule has 1 aromatic rings. The topological polar surface area (TPSA) is 49.4 Å². The van der Waals surface area contributed by atoms with Crippen LogP contribution in [-0.4, -0.2) is 24.5 Å². The number of fused-ring (bicyclic) bond motifs is 2. The van der Waals surface area contributed by atoms with Gasteiger partial charge < -0.3 is 10.2 Å². The Balaban J connectivity index is 1.60. The number of alkyl halides is 3. The summed E-state index contributed by atoms with van der Waals surface area (Å²) in [4.78, 5) is 24.3. The average molecular weight is 310 g/mol. The molecular formula is C15H13F3N2O2. The quantitative estimate of drug-likeness (QED) is 0.912. The van der Waals surface area contributed by atoms with Gasteiger partial charge in [0, 0.05) is 23.5 Å². The smallest absolute Gasteiger partial charge is 0.325 e. The van der Waals surface area contributed by atoms with Gasteiger partial charge in [-0.05, 0) is 37.3 Å². The molecule has 1 aromatic carbocycles. The second-order valence-corrected chi connectivity index (χ2v) is 6.22. The van der Waals surface area contributed by atoms with Gasteiger partial charge in [0.15, 0.2) is 0 Å². The molecule has 22 heavy (non-hydrogen) atoms. The first-order chi connectivity index (χ1) is 10.3. The Bertz CT molecular complexity index is 693. The molecule has 0 radical (unpaired) electrons. The third-order valence-electron chi connectivity index (χ3n) is 4.90. The molecule has 0 unspecified atom stereocenters. The molecule has 4 nitrogen and oxygen atoms in total. The summed E-state index contributed by atoms with van der Waals surface area (Å²) in [6.07, 6.45) is -2.77. The molecule has 0 saturated heterocycles. The molecule has 1 aliphatic heterocycles. The predicted octanol–water partition coefficient (Wildman–Crippen LogP) is 2.49. The van der Waals surface area contributed by atoms with Gasteiger partial charge >= 0.3 is 12.1 Å². The van der Waals surface area contributed by atoms with Crippen LogP contribution in [0, 0.1) is 11.3 Å². The van der Waals surface area contributed by atoms with Crippen molar-refractivity contribution in [3.8, 4) is 0 Å². The van der Waals surface area contributed by atoms with E-state index in [4.69, 9.17) is 0 Å². The van der Waals surface area contributed by atoms with Gasteiger partial charge in [-0.2, -0.15) is 13.2 Å². The summed E-state index contributed by atoms with van der Waals surface area (Å²) in [5.41, 5.74) is 1.15. The number of halogens is 3. The van der Waals surface area contributed by atoms with Crippen molar-refractivity contribution in [1.29, 1.82) is 0 Å². The minimum absolute atomic E-state index is 0.0195. The van der Waals surface area contributed by atoms with E-state index in [1.54, 1.807) is 12.1 Å². The third kappa shape index (κ3) is 1.84. The Labute approximate surface area is 124 Å². The molecule has 0 bridgehead atoms. The fraction of sp³-hybridized carbons (Fsp3) is 0.467. The SMILES string of the molecule is O=C(N1CCc2c(NC(=O)C34CC3C4)cccc21)C(F)(F)F. The lowest BCUT2D eigenvalue weighted by Crippen LogP contribution is -2.40. The summed E-state index contributed by atoms with van der Waals surface area (Å²) in [7, 11) is 0. The summed E-state index contributed by atoms with van der Waals surface area (Å²) >= 11 is 0.